The lowest BCUT2D eigenvalue weighted by atomic mass is 10.2. The maximum atomic E-state index is 11.9. The molecule has 1 heterocycles. The fraction of sp³-hybridized carbons (Fsp3) is 0.345. The highest BCUT2D eigenvalue weighted by Gasteiger charge is 2.18. The van der Waals surface area contributed by atoms with Crippen LogP contribution in [0.5, 0.6) is 11.5 Å². The van der Waals surface area contributed by atoms with Gasteiger partial charge in [-0.25, -0.2) is 0 Å². The van der Waals surface area contributed by atoms with Gasteiger partial charge in [-0.1, -0.05) is 41.9 Å². The van der Waals surface area contributed by atoms with Crippen molar-refractivity contribution in [1.82, 2.24) is 5.32 Å². The Labute approximate surface area is 224 Å². The van der Waals surface area contributed by atoms with Gasteiger partial charge in [0.1, 0.15) is 11.5 Å². The minimum absolute atomic E-state index is 0.0992. The molecule has 0 aromatic heterocycles. The summed E-state index contributed by atoms with van der Waals surface area (Å²) in [5.41, 5.74) is 3.06. The van der Waals surface area contributed by atoms with Gasteiger partial charge >= 0.3 is 0 Å². The molecule has 3 aromatic rings. The Hall–Kier alpha value is -3.10. The molecule has 0 atom stereocenters. The van der Waals surface area contributed by atoms with Crippen molar-refractivity contribution < 1.29 is 23.7 Å². The topological polar surface area (TPSA) is 69.3 Å². The van der Waals surface area contributed by atoms with Crippen molar-refractivity contribution in [1.29, 1.82) is 0 Å². The zero-order chi connectivity index (χ0) is 26.3. The van der Waals surface area contributed by atoms with Crippen LogP contribution in [0.3, 0.4) is 0 Å². The maximum absolute atomic E-state index is 11.9. The lowest BCUT2D eigenvalue weighted by Crippen LogP contribution is -2.48. The number of hydrogen-bond acceptors (Lipinski definition) is 6. The largest absolute Gasteiger partial charge is 0.496 e. The molecule has 0 bridgehead atoms. The van der Waals surface area contributed by atoms with E-state index in [1.807, 2.05) is 72.8 Å². The van der Waals surface area contributed by atoms with E-state index in [4.69, 9.17) is 30.5 Å². The molecule has 1 N–H and O–H groups in total. The van der Waals surface area contributed by atoms with Crippen LogP contribution in [0.1, 0.15) is 17.5 Å². The highest BCUT2D eigenvalue weighted by molar-refractivity contribution is 6.30. The standard InChI is InChI=1S/C21H26N2O4.C8H9ClO/c1-25-20-6-3-2-5-17(20)16-26-13-4-14-27-19-9-7-18(8-10-19)23-12-11-22-15-21(23)24;1-10-6-7-3-2-4-8(9)5-7/h2-3,5-10,22H,4,11-16H2,1H3;2-5H,6H2,1H3. The first-order valence-corrected chi connectivity index (χ1v) is 12.7. The van der Waals surface area contributed by atoms with Crippen LogP contribution >= 0.6 is 11.6 Å². The van der Waals surface area contributed by atoms with E-state index >= 15 is 0 Å². The predicted molar refractivity (Wildman–Crippen MR) is 147 cm³/mol. The Morgan fingerprint density at radius 3 is 2.49 bits per heavy atom. The van der Waals surface area contributed by atoms with Crippen molar-refractivity contribution in [2.24, 2.45) is 0 Å². The second-order valence-corrected chi connectivity index (χ2v) is 8.78. The Morgan fingerprint density at radius 1 is 0.946 bits per heavy atom. The summed E-state index contributed by atoms with van der Waals surface area (Å²) < 4.78 is 21.7. The lowest BCUT2D eigenvalue weighted by molar-refractivity contribution is -0.118. The number of para-hydroxylation sites is 1. The molecular weight excluding hydrogens is 492 g/mol. The number of nitrogens with one attached hydrogen (secondary N) is 1. The zero-order valence-electron chi connectivity index (χ0n) is 21.5. The summed E-state index contributed by atoms with van der Waals surface area (Å²) in [5, 5.41) is 3.83. The molecule has 1 saturated heterocycles. The van der Waals surface area contributed by atoms with Gasteiger partial charge in [0.2, 0.25) is 5.91 Å². The van der Waals surface area contributed by atoms with Crippen molar-refractivity contribution >= 4 is 23.2 Å². The van der Waals surface area contributed by atoms with E-state index in [1.54, 1.807) is 19.1 Å². The first kappa shape index (κ1) is 28.5. The van der Waals surface area contributed by atoms with Gasteiger partial charge in [0.25, 0.3) is 0 Å². The minimum atomic E-state index is 0.0992. The summed E-state index contributed by atoms with van der Waals surface area (Å²) in [4.78, 5) is 13.7. The number of anilines is 1. The van der Waals surface area contributed by atoms with Gasteiger partial charge in [-0.15, -0.1) is 0 Å². The van der Waals surface area contributed by atoms with Crippen LogP contribution < -0.4 is 19.7 Å². The Morgan fingerprint density at radius 2 is 1.76 bits per heavy atom. The maximum Gasteiger partial charge on any atom is 0.240 e. The molecule has 0 saturated carbocycles. The number of piperazine rings is 1. The number of hydrogen-bond donors (Lipinski definition) is 1. The van der Waals surface area contributed by atoms with E-state index in [0.29, 0.717) is 39.5 Å². The van der Waals surface area contributed by atoms with Crippen LogP contribution in [0, 0.1) is 0 Å². The highest BCUT2D eigenvalue weighted by atomic mass is 35.5. The molecule has 0 aliphatic carbocycles. The normalized spacial score (nSPS) is 13.1. The average molecular weight is 527 g/mol. The van der Waals surface area contributed by atoms with Crippen LogP contribution in [0.25, 0.3) is 0 Å². The molecule has 8 heteroatoms. The summed E-state index contributed by atoms with van der Waals surface area (Å²) in [6.45, 7) is 4.26. The SMILES string of the molecule is COCc1cccc(Cl)c1.COc1ccccc1COCCCOc1ccc(N2CCNCC2=O)cc1. The number of benzene rings is 3. The first-order valence-electron chi connectivity index (χ1n) is 12.3. The molecule has 3 aromatic carbocycles. The van der Waals surface area contributed by atoms with Gasteiger partial charge in [-0.05, 0) is 48.0 Å². The van der Waals surface area contributed by atoms with E-state index in [1.165, 1.54) is 0 Å². The van der Waals surface area contributed by atoms with E-state index < -0.39 is 0 Å². The molecule has 0 unspecified atom stereocenters. The summed E-state index contributed by atoms with van der Waals surface area (Å²) in [5.74, 6) is 1.74. The molecule has 1 aliphatic heterocycles. The molecule has 37 heavy (non-hydrogen) atoms. The van der Waals surface area contributed by atoms with Crippen LogP contribution in [-0.2, 0) is 27.5 Å². The average Bonchev–Trinajstić information content (AvgIpc) is 2.92. The van der Waals surface area contributed by atoms with Crippen molar-refractivity contribution in [3.63, 3.8) is 0 Å². The molecule has 1 aliphatic rings. The van der Waals surface area contributed by atoms with Crippen molar-refractivity contribution in [2.75, 3.05) is 52.0 Å². The fourth-order valence-corrected chi connectivity index (χ4v) is 3.96. The Kier molecular flexibility index (Phi) is 12.2. The molecule has 4 rings (SSSR count). The van der Waals surface area contributed by atoms with Crippen molar-refractivity contribution in [3.8, 4) is 11.5 Å². The summed E-state index contributed by atoms with van der Waals surface area (Å²) in [7, 11) is 3.33. The number of halogens is 1. The molecule has 7 nitrogen and oxygen atoms in total. The summed E-state index contributed by atoms with van der Waals surface area (Å²) >= 11 is 5.73. The second kappa shape index (κ2) is 15.9. The number of carbonyl (C=O) groups is 1. The van der Waals surface area contributed by atoms with Gasteiger partial charge < -0.3 is 29.2 Å². The number of rotatable bonds is 11. The predicted octanol–water partition coefficient (Wildman–Crippen LogP) is 5.10. The van der Waals surface area contributed by atoms with Crippen LogP contribution in [0.4, 0.5) is 5.69 Å². The molecule has 198 valence electrons. The van der Waals surface area contributed by atoms with Gasteiger partial charge in [0, 0.05) is 42.9 Å². The first-order chi connectivity index (χ1) is 18.1. The third-order valence-electron chi connectivity index (χ3n) is 5.59. The summed E-state index contributed by atoms with van der Waals surface area (Å²) in [6.07, 6.45) is 0.799. The van der Waals surface area contributed by atoms with Gasteiger partial charge in [-0.3, -0.25) is 4.79 Å². The zero-order valence-corrected chi connectivity index (χ0v) is 22.2. The molecule has 0 radical (unpaired) electrons. The van der Waals surface area contributed by atoms with E-state index in [-0.39, 0.29) is 5.91 Å². The number of amides is 1. The number of methoxy groups -OCH3 is 2. The van der Waals surface area contributed by atoms with Gasteiger partial charge in [0.05, 0.1) is 40.1 Å². The Balaban J connectivity index is 0.000000319. The molecule has 0 spiro atoms. The third kappa shape index (κ3) is 9.70. The number of carbonyl (C=O) groups excluding carboxylic acids is 1. The molecule has 1 amide bonds. The molecule has 1 fully saturated rings. The highest BCUT2D eigenvalue weighted by Crippen LogP contribution is 2.21. The summed E-state index contributed by atoms with van der Waals surface area (Å²) in [6, 6.07) is 23.1. The Bertz CT molecular complexity index is 1090. The third-order valence-corrected chi connectivity index (χ3v) is 5.82. The van der Waals surface area contributed by atoms with Gasteiger partial charge in [-0.2, -0.15) is 0 Å². The van der Waals surface area contributed by atoms with E-state index in [2.05, 4.69) is 5.32 Å². The van der Waals surface area contributed by atoms with E-state index in [0.717, 1.165) is 46.3 Å². The fourth-order valence-electron chi connectivity index (χ4n) is 3.75. The minimum Gasteiger partial charge on any atom is -0.496 e. The van der Waals surface area contributed by atoms with E-state index in [9.17, 15) is 4.79 Å². The molecular formula is C29H35ClN2O5. The second-order valence-electron chi connectivity index (χ2n) is 8.35. The number of ether oxygens (including phenoxy) is 4. The van der Waals surface area contributed by atoms with Crippen molar-refractivity contribution in [3.05, 3.63) is 88.9 Å². The van der Waals surface area contributed by atoms with Crippen LogP contribution in [0.2, 0.25) is 5.02 Å². The monoisotopic (exact) mass is 526 g/mol. The lowest BCUT2D eigenvalue weighted by Gasteiger charge is -2.27. The van der Waals surface area contributed by atoms with Crippen LogP contribution in [0.15, 0.2) is 72.8 Å². The smallest absolute Gasteiger partial charge is 0.240 e. The quantitative estimate of drug-likeness (QED) is 0.350. The van der Waals surface area contributed by atoms with Crippen LogP contribution in [-0.4, -0.2) is 53.0 Å². The van der Waals surface area contributed by atoms with Gasteiger partial charge in [0.15, 0.2) is 0 Å². The van der Waals surface area contributed by atoms with Crippen molar-refractivity contribution in [2.45, 2.75) is 19.6 Å². The number of nitrogens with zero attached hydrogens (tertiary/aromatic N) is 1.